The number of H-pyrrole nitrogens is 1. The fourth-order valence-corrected chi connectivity index (χ4v) is 2.29. The number of rotatable bonds is 4. The summed E-state index contributed by atoms with van der Waals surface area (Å²) in [5.41, 5.74) is 2.15. The van der Waals surface area contributed by atoms with Gasteiger partial charge in [-0.3, -0.25) is 9.50 Å². The first kappa shape index (κ1) is 12.1. The van der Waals surface area contributed by atoms with Crippen LogP contribution in [0.1, 0.15) is 11.4 Å². The smallest absolute Gasteiger partial charge is 0.193 e. The molecule has 3 heterocycles. The zero-order valence-electron chi connectivity index (χ0n) is 8.96. The van der Waals surface area contributed by atoms with Gasteiger partial charge in [-0.15, -0.1) is 23.7 Å². The van der Waals surface area contributed by atoms with E-state index < -0.39 is 0 Å². The maximum atomic E-state index is 4.48. The van der Waals surface area contributed by atoms with E-state index in [0.29, 0.717) is 0 Å². The number of nitrogens with one attached hydrogen (secondary N) is 2. The molecule has 90 valence electrons. The highest BCUT2D eigenvalue weighted by atomic mass is 35.5. The van der Waals surface area contributed by atoms with Crippen LogP contribution in [0.4, 0.5) is 0 Å². The average Bonchev–Trinajstić information content (AvgIpc) is 2.91. The van der Waals surface area contributed by atoms with Gasteiger partial charge in [0, 0.05) is 42.8 Å². The minimum absolute atomic E-state index is 0. The number of hydrogen-bond acceptors (Lipinski definition) is 4. The van der Waals surface area contributed by atoms with Crippen molar-refractivity contribution in [1.29, 1.82) is 0 Å². The van der Waals surface area contributed by atoms with Crippen LogP contribution in [0.5, 0.6) is 0 Å². The molecule has 0 unspecified atom stereocenters. The van der Waals surface area contributed by atoms with E-state index in [1.165, 1.54) is 0 Å². The van der Waals surface area contributed by atoms with Gasteiger partial charge in [-0.2, -0.15) is 5.10 Å². The molecule has 3 rings (SSSR count). The molecule has 5 nitrogen and oxygen atoms in total. The molecule has 0 aliphatic heterocycles. The lowest BCUT2D eigenvalue weighted by atomic mass is 10.4. The van der Waals surface area contributed by atoms with Gasteiger partial charge in [0.25, 0.3) is 0 Å². The first-order valence-corrected chi connectivity index (χ1v) is 5.90. The Labute approximate surface area is 108 Å². The number of fused-ring (bicyclic) bond motifs is 1. The largest absolute Gasteiger partial charge is 0.305 e. The van der Waals surface area contributed by atoms with Crippen molar-refractivity contribution in [2.45, 2.75) is 13.1 Å². The molecule has 3 aromatic rings. The van der Waals surface area contributed by atoms with Crippen LogP contribution in [0, 0.1) is 0 Å². The van der Waals surface area contributed by atoms with Crippen LogP contribution in [0.3, 0.4) is 0 Å². The van der Waals surface area contributed by atoms with Crippen LogP contribution in [0.25, 0.3) is 4.96 Å². The highest BCUT2D eigenvalue weighted by Gasteiger charge is 2.01. The lowest BCUT2D eigenvalue weighted by Gasteiger charge is -1.98. The van der Waals surface area contributed by atoms with Crippen molar-refractivity contribution in [3.05, 3.63) is 41.4 Å². The molecule has 0 radical (unpaired) electrons. The monoisotopic (exact) mass is 269 g/mol. The summed E-state index contributed by atoms with van der Waals surface area (Å²) < 4.78 is 2.04. The van der Waals surface area contributed by atoms with Gasteiger partial charge in [0.1, 0.15) is 0 Å². The fraction of sp³-hybridized carbons (Fsp3) is 0.200. The Morgan fingerprint density at radius 3 is 3.12 bits per heavy atom. The van der Waals surface area contributed by atoms with Crippen molar-refractivity contribution in [3.63, 3.8) is 0 Å². The lowest BCUT2D eigenvalue weighted by molar-refractivity contribution is 0.668. The Morgan fingerprint density at radius 1 is 1.41 bits per heavy atom. The maximum Gasteiger partial charge on any atom is 0.193 e. The van der Waals surface area contributed by atoms with Crippen LogP contribution < -0.4 is 5.32 Å². The second kappa shape index (κ2) is 5.31. The van der Waals surface area contributed by atoms with E-state index in [9.17, 15) is 0 Å². The fourth-order valence-electron chi connectivity index (χ4n) is 1.57. The van der Waals surface area contributed by atoms with Gasteiger partial charge in [-0.25, -0.2) is 4.98 Å². The molecule has 7 heteroatoms. The quantitative estimate of drug-likeness (QED) is 0.760. The van der Waals surface area contributed by atoms with Gasteiger partial charge in [0.2, 0.25) is 0 Å². The minimum Gasteiger partial charge on any atom is -0.305 e. The number of hydrogen-bond donors (Lipinski definition) is 2. The summed E-state index contributed by atoms with van der Waals surface area (Å²) in [6.07, 6.45) is 5.82. The molecule has 0 fully saturated rings. The summed E-state index contributed by atoms with van der Waals surface area (Å²) in [4.78, 5) is 5.52. The number of thiazole rings is 1. The van der Waals surface area contributed by atoms with E-state index in [4.69, 9.17) is 0 Å². The van der Waals surface area contributed by atoms with Crippen LogP contribution in [0.2, 0.25) is 0 Å². The van der Waals surface area contributed by atoms with Crippen LogP contribution in [-0.2, 0) is 13.1 Å². The summed E-state index contributed by atoms with van der Waals surface area (Å²) in [5.74, 6) is 0. The third-order valence-electron chi connectivity index (χ3n) is 2.32. The number of nitrogens with zero attached hydrogens (tertiary/aromatic N) is 3. The molecule has 0 bridgehead atoms. The van der Waals surface area contributed by atoms with Crippen molar-refractivity contribution in [3.8, 4) is 0 Å². The topological polar surface area (TPSA) is 58.0 Å². The molecule has 0 aromatic carbocycles. The SMILES string of the molecule is Cl.c1cc(CNCc2cn3ccsc3n2)[nH]n1. The highest BCUT2D eigenvalue weighted by Crippen LogP contribution is 2.11. The number of imidazole rings is 1. The van der Waals surface area contributed by atoms with E-state index in [-0.39, 0.29) is 12.4 Å². The molecule has 17 heavy (non-hydrogen) atoms. The standard InChI is InChI=1S/C10H11N5S.ClH/c1-2-12-14-8(1)5-11-6-9-7-15-3-4-16-10(15)13-9;/h1-4,7,11H,5-6H2,(H,12,14);1H. The van der Waals surface area contributed by atoms with Gasteiger partial charge >= 0.3 is 0 Å². The second-order valence-electron chi connectivity index (χ2n) is 3.51. The Balaban J connectivity index is 0.00000108. The van der Waals surface area contributed by atoms with Gasteiger partial charge in [0.15, 0.2) is 4.96 Å². The van der Waals surface area contributed by atoms with Crippen LogP contribution >= 0.6 is 23.7 Å². The predicted octanol–water partition coefficient (Wildman–Crippen LogP) is 1.83. The zero-order chi connectivity index (χ0) is 10.8. The van der Waals surface area contributed by atoms with Gasteiger partial charge in [0.05, 0.1) is 5.69 Å². The molecular formula is C10H12ClN5S. The number of aromatic amines is 1. The Kier molecular flexibility index (Phi) is 3.78. The normalized spacial score (nSPS) is 10.6. The lowest BCUT2D eigenvalue weighted by Crippen LogP contribution is -2.13. The minimum atomic E-state index is 0. The van der Waals surface area contributed by atoms with E-state index >= 15 is 0 Å². The van der Waals surface area contributed by atoms with Crippen molar-refractivity contribution < 1.29 is 0 Å². The van der Waals surface area contributed by atoms with Crippen LogP contribution in [0.15, 0.2) is 30.0 Å². The zero-order valence-corrected chi connectivity index (χ0v) is 10.6. The summed E-state index contributed by atoms with van der Waals surface area (Å²) in [6.45, 7) is 1.55. The summed E-state index contributed by atoms with van der Waals surface area (Å²) in [6, 6.07) is 1.96. The molecule has 0 atom stereocenters. The molecule has 0 spiro atoms. The van der Waals surface area contributed by atoms with Crippen molar-refractivity contribution in [2.24, 2.45) is 0 Å². The molecule has 0 aliphatic rings. The van der Waals surface area contributed by atoms with Gasteiger partial charge in [-0.05, 0) is 6.07 Å². The Hall–Kier alpha value is -1.37. The van der Waals surface area contributed by atoms with Crippen molar-refractivity contribution >= 4 is 28.7 Å². The molecule has 0 saturated heterocycles. The van der Waals surface area contributed by atoms with Gasteiger partial charge < -0.3 is 5.32 Å². The summed E-state index contributed by atoms with van der Waals surface area (Å²) in [5, 5.41) is 12.1. The summed E-state index contributed by atoms with van der Waals surface area (Å²) in [7, 11) is 0. The van der Waals surface area contributed by atoms with Crippen molar-refractivity contribution in [1.82, 2.24) is 24.9 Å². The Bertz CT molecular complexity index is 542. The maximum absolute atomic E-state index is 4.48. The Morgan fingerprint density at radius 2 is 2.35 bits per heavy atom. The summed E-state index contributed by atoms with van der Waals surface area (Å²) >= 11 is 1.65. The predicted molar refractivity (Wildman–Crippen MR) is 69.4 cm³/mol. The molecule has 0 saturated carbocycles. The van der Waals surface area contributed by atoms with E-state index in [2.05, 4.69) is 20.5 Å². The number of halogens is 1. The van der Waals surface area contributed by atoms with Crippen molar-refractivity contribution in [2.75, 3.05) is 0 Å². The van der Waals surface area contributed by atoms with Crippen LogP contribution in [-0.4, -0.2) is 19.6 Å². The molecule has 0 amide bonds. The first-order chi connectivity index (χ1) is 7.92. The third-order valence-corrected chi connectivity index (χ3v) is 3.09. The second-order valence-corrected chi connectivity index (χ2v) is 4.38. The molecule has 2 N–H and O–H groups in total. The van der Waals surface area contributed by atoms with E-state index in [1.54, 1.807) is 17.5 Å². The molecule has 3 aromatic heterocycles. The molecular weight excluding hydrogens is 258 g/mol. The average molecular weight is 270 g/mol. The van der Waals surface area contributed by atoms with Gasteiger partial charge in [-0.1, -0.05) is 0 Å². The third kappa shape index (κ3) is 2.66. The first-order valence-electron chi connectivity index (χ1n) is 5.02. The van der Waals surface area contributed by atoms with E-state index in [0.717, 1.165) is 29.4 Å². The molecule has 0 aliphatic carbocycles. The highest BCUT2D eigenvalue weighted by molar-refractivity contribution is 7.15. The van der Waals surface area contributed by atoms with E-state index in [1.807, 2.05) is 28.2 Å². The number of aromatic nitrogens is 4.